The first kappa shape index (κ1) is 14.6. The zero-order valence-electron chi connectivity index (χ0n) is 12.2. The first-order valence-corrected chi connectivity index (χ1v) is 8.01. The van der Waals surface area contributed by atoms with Crippen LogP contribution in [0, 0.1) is 17.2 Å². The van der Waals surface area contributed by atoms with Gasteiger partial charge in [-0.1, -0.05) is 6.92 Å². The molecule has 112 valence electrons. The number of nitrogens with zero attached hydrogens (tertiary/aromatic N) is 2. The SMILES string of the molecule is CC1CCc2nc(/C(C#N)=C/c3ccc(O)cc3O)sc2C1. The smallest absolute Gasteiger partial charge is 0.134 e. The van der Waals surface area contributed by atoms with E-state index >= 15 is 0 Å². The molecule has 0 saturated heterocycles. The number of aromatic hydroxyl groups is 2. The third-order valence-electron chi connectivity index (χ3n) is 3.85. The highest BCUT2D eigenvalue weighted by Crippen LogP contribution is 2.34. The second-order valence-corrected chi connectivity index (χ2v) is 6.73. The molecule has 0 bridgehead atoms. The van der Waals surface area contributed by atoms with Crippen LogP contribution in [0.25, 0.3) is 11.6 Å². The van der Waals surface area contributed by atoms with Crippen molar-refractivity contribution in [3.63, 3.8) is 0 Å². The maximum Gasteiger partial charge on any atom is 0.134 e. The zero-order chi connectivity index (χ0) is 15.7. The van der Waals surface area contributed by atoms with E-state index in [1.54, 1.807) is 23.5 Å². The lowest BCUT2D eigenvalue weighted by atomic mass is 9.93. The zero-order valence-corrected chi connectivity index (χ0v) is 13.0. The van der Waals surface area contributed by atoms with Gasteiger partial charge in [-0.05, 0) is 43.4 Å². The summed E-state index contributed by atoms with van der Waals surface area (Å²) in [5.74, 6) is 0.603. The molecule has 1 unspecified atom stereocenters. The number of aromatic nitrogens is 1. The van der Waals surface area contributed by atoms with Crippen molar-refractivity contribution in [1.82, 2.24) is 4.98 Å². The van der Waals surface area contributed by atoms with E-state index in [1.807, 2.05) is 0 Å². The van der Waals surface area contributed by atoms with E-state index in [-0.39, 0.29) is 11.5 Å². The summed E-state index contributed by atoms with van der Waals surface area (Å²) in [7, 11) is 0. The number of phenols is 2. The van der Waals surface area contributed by atoms with Gasteiger partial charge >= 0.3 is 0 Å². The predicted octanol–water partition coefficient (Wildman–Crippen LogP) is 3.74. The molecule has 2 aromatic rings. The lowest BCUT2D eigenvalue weighted by molar-refractivity contribution is 0.450. The lowest BCUT2D eigenvalue weighted by Gasteiger charge is -2.15. The summed E-state index contributed by atoms with van der Waals surface area (Å²) in [6.07, 6.45) is 4.75. The Hall–Kier alpha value is -2.32. The minimum atomic E-state index is -0.0531. The summed E-state index contributed by atoms with van der Waals surface area (Å²) in [4.78, 5) is 5.86. The largest absolute Gasteiger partial charge is 0.508 e. The van der Waals surface area contributed by atoms with Gasteiger partial charge in [0.25, 0.3) is 0 Å². The molecule has 1 aliphatic rings. The van der Waals surface area contributed by atoms with Crippen molar-refractivity contribution in [2.24, 2.45) is 5.92 Å². The quantitative estimate of drug-likeness (QED) is 0.828. The number of nitriles is 1. The van der Waals surface area contributed by atoms with E-state index in [9.17, 15) is 15.5 Å². The number of hydrogen-bond acceptors (Lipinski definition) is 5. The topological polar surface area (TPSA) is 77.1 Å². The molecule has 5 heteroatoms. The normalized spacial score (nSPS) is 17.8. The number of benzene rings is 1. The maximum atomic E-state index is 9.85. The highest BCUT2D eigenvalue weighted by atomic mass is 32.1. The van der Waals surface area contributed by atoms with Gasteiger partial charge in [0.2, 0.25) is 0 Å². The van der Waals surface area contributed by atoms with Gasteiger partial charge in [0.05, 0.1) is 11.3 Å². The molecule has 1 aromatic carbocycles. The fraction of sp³-hybridized carbons (Fsp3) is 0.294. The summed E-state index contributed by atoms with van der Waals surface area (Å²) in [6, 6.07) is 6.49. The number of allylic oxidation sites excluding steroid dienone is 1. The fourth-order valence-electron chi connectivity index (χ4n) is 2.61. The first-order valence-electron chi connectivity index (χ1n) is 7.19. The van der Waals surface area contributed by atoms with Crippen molar-refractivity contribution in [3.05, 3.63) is 39.3 Å². The van der Waals surface area contributed by atoms with Crippen LogP contribution in [-0.4, -0.2) is 15.2 Å². The summed E-state index contributed by atoms with van der Waals surface area (Å²) in [6.45, 7) is 2.23. The first-order chi connectivity index (χ1) is 10.6. The van der Waals surface area contributed by atoms with E-state index in [0.717, 1.165) is 25.0 Å². The monoisotopic (exact) mass is 312 g/mol. The Morgan fingerprint density at radius 2 is 2.27 bits per heavy atom. The predicted molar refractivity (Wildman–Crippen MR) is 86.6 cm³/mol. The Morgan fingerprint density at radius 3 is 3.00 bits per heavy atom. The molecule has 0 aliphatic heterocycles. The standard InChI is InChI=1S/C17H16N2O2S/c1-10-2-5-14-16(6-10)22-17(19-14)12(9-18)7-11-3-4-13(20)8-15(11)21/h3-4,7-8,10,20-21H,2,5-6H2,1H3/b12-7+. The van der Waals surface area contributed by atoms with Crippen LogP contribution in [0.3, 0.4) is 0 Å². The van der Waals surface area contributed by atoms with Crippen molar-refractivity contribution < 1.29 is 10.2 Å². The average molecular weight is 312 g/mol. The van der Waals surface area contributed by atoms with Crippen molar-refractivity contribution in [2.75, 3.05) is 0 Å². The van der Waals surface area contributed by atoms with E-state index in [2.05, 4.69) is 18.0 Å². The van der Waals surface area contributed by atoms with E-state index in [0.29, 0.717) is 22.1 Å². The molecule has 1 aliphatic carbocycles. The fourth-order valence-corrected chi connectivity index (χ4v) is 3.84. The molecule has 1 atom stereocenters. The minimum Gasteiger partial charge on any atom is -0.508 e. The van der Waals surface area contributed by atoms with Gasteiger partial charge in [-0.25, -0.2) is 4.98 Å². The van der Waals surface area contributed by atoms with Gasteiger partial charge in [0, 0.05) is 16.5 Å². The van der Waals surface area contributed by atoms with Crippen LogP contribution in [0.1, 0.15) is 34.5 Å². The molecular formula is C17H16N2O2S. The van der Waals surface area contributed by atoms with Gasteiger partial charge in [-0.3, -0.25) is 0 Å². The molecule has 0 spiro atoms. The van der Waals surface area contributed by atoms with Crippen molar-refractivity contribution in [3.8, 4) is 17.6 Å². The summed E-state index contributed by atoms with van der Waals surface area (Å²) in [5, 5.41) is 29.3. The molecular weight excluding hydrogens is 296 g/mol. The van der Waals surface area contributed by atoms with Crippen LogP contribution in [0.2, 0.25) is 0 Å². The van der Waals surface area contributed by atoms with Gasteiger partial charge < -0.3 is 10.2 Å². The summed E-state index contributed by atoms with van der Waals surface area (Å²) in [5.41, 5.74) is 2.04. The number of hydrogen-bond donors (Lipinski definition) is 2. The molecule has 0 fully saturated rings. The van der Waals surface area contributed by atoms with Crippen molar-refractivity contribution in [1.29, 1.82) is 5.26 Å². The molecule has 3 rings (SSSR count). The van der Waals surface area contributed by atoms with Gasteiger partial charge in [0.15, 0.2) is 0 Å². The maximum absolute atomic E-state index is 9.85. The number of aryl methyl sites for hydroxylation is 1. The third-order valence-corrected chi connectivity index (χ3v) is 5.00. The van der Waals surface area contributed by atoms with E-state index < -0.39 is 0 Å². The molecule has 4 nitrogen and oxygen atoms in total. The summed E-state index contributed by atoms with van der Waals surface area (Å²) >= 11 is 1.57. The number of fused-ring (bicyclic) bond motifs is 1. The second-order valence-electron chi connectivity index (χ2n) is 5.65. The highest BCUT2D eigenvalue weighted by Gasteiger charge is 2.21. The Labute approximate surface area is 133 Å². The molecule has 0 radical (unpaired) electrons. The van der Waals surface area contributed by atoms with Gasteiger partial charge in [-0.15, -0.1) is 11.3 Å². The lowest BCUT2D eigenvalue weighted by Crippen LogP contribution is -2.09. The van der Waals surface area contributed by atoms with Crippen LogP contribution in [-0.2, 0) is 12.8 Å². The number of rotatable bonds is 2. The summed E-state index contributed by atoms with van der Waals surface area (Å²) < 4.78 is 0. The third kappa shape index (κ3) is 2.83. The number of phenolic OH excluding ortho intramolecular Hbond substituents is 2. The van der Waals surface area contributed by atoms with E-state index in [1.165, 1.54) is 17.0 Å². The van der Waals surface area contributed by atoms with Crippen LogP contribution in [0.4, 0.5) is 0 Å². The van der Waals surface area contributed by atoms with Crippen molar-refractivity contribution >= 4 is 23.0 Å². The van der Waals surface area contributed by atoms with E-state index in [4.69, 9.17) is 0 Å². The van der Waals surface area contributed by atoms with Crippen LogP contribution in [0.15, 0.2) is 18.2 Å². The Balaban J connectivity index is 1.98. The molecule has 1 aromatic heterocycles. The second kappa shape index (κ2) is 5.82. The molecule has 22 heavy (non-hydrogen) atoms. The Kier molecular flexibility index (Phi) is 3.86. The van der Waals surface area contributed by atoms with Gasteiger partial charge in [0.1, 0.15) is 22.6 Å². The molecule has 2 N–H and O–H groups in total. The highest BCUT2D eigenvalue weighted by molar-refractivity contribution is 7.13. The minimum absolute atomic E-state index is 0.00754. The Morgan fingerprint density at radius 1 is 1.45 bits per heavy atom. The van der Waals surface area contributed by atoms with Crippen molar-refractivity contribution in [2.45, 2.75) is 26.2 Å². The Bertz CT molecular complexity index is 786. The van der Waals surface area contributed by atoms with Crippen LogP contribution in [0.5, 0.6) is 11.5 Å². The molecule has 0 saturated carbocycles. The van der Waals surface area contributed by atoms with Crippen LogP contribution >= 0.6 is 11.3 Å². The van der Waals surface area contributed by atoms with Gasteiger partial charge in [-0.2, -0.15) is 5.26 Å². The average Bonchev–Trinajstić information content (AvgIpc) is 2.89. The number of thiazole rings is 1. The molecule has 1 heterocycles. The van der Waals surface area contributed by atoms with Crippen LogP contribution < -0.4 is 0 Å². The molecule has 0 amide bonds.